The van der Waals surface area contributed by atoms with Gasteiger partial charge in [-0.15, -0.1) is 0 Å². The number of rotatable bonds is 5. The standard InChI is InChI=1S/C26H35NO4/c1-3-30-23(28)25(14-19-8-5-4-6-9-19)10-7-11-27(17-25)24(29)31-22-18(2)13-26-15-20(22)12-21(26)16-26/h4-6,8-9,18,20-22H,3,7,10-17H2,1-2H3. The number of fused-ring (bicyclic) bond motifs is 1. The second kappa shape index (κ2) is 7.83. The Morgan fingerprint density at radius 1 is 1.16 bits per heavy atom. The lowest BCUT2D eigenvalue weighted by atomic mass is 9.75. The van der Waals surface area contributed by atoms with E-state index in [1.54, 1.807) is 4.90 Å². The molecule has 1 saturated heterocycles. The lowest BCUT2D eigenvalue weighted by Crippen LogP contribution is -2.53. The quantitative estimate of drug-likeness (QED) is 0.634. The maximum absolute atomic E-state index is 13.3. The molecule has 1 spiro atoms. The van der Waals surface area contributed by atoms with Crippen LogP contribution in [0, 0.1) is 28.6 Å². The fraction of sp³-hybridized carbons (Fsp3) is 0.692. The molecule has 6 atom stereocenters. The van der Waals surface area contributed by atoms with E-state index in [1.807, 2.05) is 37.3 Å². The van der Waals surface area contributed by atoms with Crippen LogP contribution in [0.2, 0.25) is 0 Å². The van der Waals surface area contributed by atoms with Crippen LogP contribution >= 0.6 is 0 Å². The largest absolute Gasteiger partial charge is 0.466 e. The molecule has 6 unspecified atom stereocenters. The minimum atomic E-state index is -0.703. The summed E-state index contributed by atoms with van der Waals surface area (Å²) in [5.41, 5.74) is 0.987. The monoisotopic (exact) mass is 425 g/mol. The normalized spacial score (nSPS) is 38.3. The Morgan fingerprint density at radius 2 is 1.97 bits per heavy atom. The fourth-order valence-corrected chi connectivity index (χ4v) is 7.14. The maximum atomic E-state index is 13.3. The summed E-state index contributed by atoms with van der Waals surface area (Å²) < 4.78 is 11.6. The van der Waals surface area contributed by atoms with E-state index in [0.29, 0.717) is 43.4 Å². The average molecular weight is 426 g/mol. The van der Waals surface area contributed by atoms with E-state index in [1.165, 1.54) is 25.7 Å². The van der Waals surface area contributed by atoms with Gasteiger partial charge < -0.3 is 14.4 Å². The van der Waals surface area contributed by atoms with Crippen LogP contribution in [0.15, 0.2) is 30.3 Å². The molecule has 5 rings (SSSR count). The zero-order chi connectivity index (χ0) is 21.6. The fourth-order valence-electron chi connectivity index (χ4n) is 7.14. The van der Waals surface area contributed by atoms with Gasteiger partial charge in [0.25, 0.3) is 0 Å². The Labute approximate surface area is 185 Å². The highest BCUT2D eigenvalue weighted by Crippen LogP contribution is 2.72. The van der Waals surface area contributed by atoms with Crippen molar-refractivity contribution in [3.8, 4) is 0 Å². The molecule has 1 aliphatic heterocycles. The van der Waals surface area contributed by atoms with E-state index >= 15 is 0 Å². The molecule has 1 aromatic rings. The lowest BCUT2D eigenvalue weighted by molar-refractivity contribution is -0.158. The number of esters is 1. The first-order valence-electron chi connectivity index (χ1n) is 12.1. The van der Waals surface area contributed by atoms with Crippen molar-refractivity contribution in [1.29, 1.82) is 0 Å². The van der Waals surface area contributed by atoms with E-state index in [2.05, 4.69) is 6.92 Å². The number of benzene rings is 1. The smallest absolute Gasteiger partial charge is 0.410 e. The molecular weight excluding hydrogens is 390 g/mol. The minimum absolute atomic E-state index is 0.0268. The van der Waals surface area contributed by atoms with Crippen LogP contribution in [0.25, 0.3) is 0 Å². The number of nitrogens with zero attached hydrogens (tertiary/aromatic N) is 1. The van der Waals surface area contributed by atoms with Crippen molar-refractivity contribution >= 4 is 12.1 Å². The minimum Gasteiger partial charge on any atom is -0.466 e. The van der Waals surface area contributed by atoms with Gasteiger partial charge in [-0.05, 0) is 80.6 Å². The first kappa shape index (κ1) is 20.8. The first-order chi connectivity index (χ1) is 14.9. The molecule has 0 aromatic heterocycles. The van der Waals surface area contributed by atoms with Crippen molar-refractivity contribution in [2.24, 2.45) is 28.6 Å². The number of piperidine rings is 1. The van der Waals surface area contributed by atoms with Gasteiger partial charge in [-0.1, -0.05) is 37.3 Å². The predicted octanol–water partition coefficient (Wildman–Crippen LogP) is 4.84. The highest BCUT2D eigenvalue weighted by Gasteiger charge is 2.65. The Balaban J connectivity index is 1.30. The van der Waals surface area contributed by atoms with Gasteiger partial charge in [0, 0.05) is 13.1 Å². The van der Waals surface area contributed by atoms with E-state index in [0.717, 1.165) is 24.3 Å². The number of likely N-dealkylation sites (tertiary alicyclic amines) is 1. The van der Waals surface area contributed by atoms with Crippen LogP contribution in [0.1, 0.15) is 57.9 Å². The number of amides is 1. The van der Waals surface area contributed by atoms with Gasteiger partial charge in [-0.2, -0.15) is 0 Å². The highest BCUT2D eigenvalue weighted by molar-refractivity contribution is 5.79. The summed E-state index contributed by atoms with van der Waals surface area (Å²) in [4.78, 5) is 28.1. The van der Waals surface area contributed by atoms with Gasteiger partial charge in [0.2, 0.25) is 0 Å². The second-order valence-corrected chi connectivity index (χ2v) is 10.7. The summed E-state index contributed by atoms with van der Waals surface area (Å²) in [7, 11) is 0. The molecule has 1 heterocycles. The van der Waals surface area contributed by atoms with Gasteiger partial charge in [-0.25, -0.2) is 4.79 Å². The molecule has 3 aliphatic carbocycles. The van der Waals surface area contributed by atoms with Crippen molar-refractivity contribution in [3.05, 3.63) is 35.9 Å². The second-order valence-electron chi connectivity index (χ2n) is 10.7. The first-order valence-corrected chi connectivity index (χ1v) is 12.1. The maximum Gasteiger partial charge on any atom is 0.410 e. The van der Waals surface area contributed by atoms with Crippen LogP contribution in [0.5, 0.6) is 0 Å². The molecule has 1 aromatic carbocycles. The Hall–Kier alpha value is -2.04. The molecule has 31 heavy (non-hydrogen) atoms. The summed E-state index contributed by atoms with van der Waals surface area (Å²) >= 11 is 0. The molecule has 4 fully saturated rings. The molecule has 0 N–H and O–H groups in total. The molecule has 0 radical (unpaired) electrons. The van der Waals surface area contributed by atoms with Crippen LogP contribution in [-0.4, -0.2) is 42.8 Å². The summed E-state index contributed by atoms with van der Waals surface area (Å²) in [6, 6.07) is 10.1. The molecule has 1 amide bonds. The zero-order valence-corrected chi connectivity index (χ0v) is 18.8. The molecule has 4 aliphatic rings. The SMILES string of the molecule is CCOC(=O)C1(Cc2ccccc2)CCCN(C(=O)OC2C(C)CC34CC2CC3C4)C1. The molecular formula is C26H35NO4. The van der Waals surface area contributed by atoms with E-state index < -0.39 is 5.41 Å². The van der Waals surface area contributed by atoms with E-state index in [-0.39, 0.29) is 18.2 Å². The Kier molecular flexibility index (Phi) is 5.26. The zero-order valence-electron chi connectivity index (χ0n) is 18.8. The van der Waals surface area contributed by atoms with E-state index in [4.69, 9.17) is 9.47 Å². The number of hydrogen-bond acceptors (Lipinski definition) is 4. The van der Waals surface area contributed by atoms with Gasteiger partial charge in [0.1, 0.15) is 6.10 Å². The molecule has 5 heteroatoms. The summed E-state index contributed by atoms with van der Waals surface area (Å²) in [5, 5.41) is 0. The van der Waals surface area contributed by atoms with E-state index in [9.17, 15) is 9.59 Å². The summed E-state index contributed by atoms with van der Waals surface area (Å²) in [6.45, 7) is 5.46. The predicted molar refractivity (Wildman–Crippen MR) is 117 cm³/mol. The van der Waals surface area contributed by atoms with Gasteiger partial charge >= 0.3 is 12.1 Å². The average Bonchev–Trinajstić information content (AvgIpc) is 3.31. The van der Waals surface area contributed by atoms with Gasteiger partial charge in [-0.3, -0.25) is 4.79 Å². The van der Waals surface area contributed by atoms with Crippen molar-refractivity contribution in [3.63, 3.8) is 0 Å². The van der Waals surface area contributed by atoms with Crippen molar-refractivity contribution in [1.82, 2.24) is 4.90 Å². The Bertz CT molecular complexity index is 841. The molecule has 3 saturated carbocycles. The van der Waals surface area contributed by atoms with Crippen molar-refractivity contribution < 1.29 is 19.1 Å². The third-order valence-corrected chi connectivity index (χ3v) is 8.53. The van der Waals surface area contributed by atoms with Crippen LogP contribution in [-0.2, 0) is 20.7 Å². The van der Waals surface area contributed by atoms with Gasteiger partial charge in [0.05, 0.1) is 12.0 Å². The number of ether oxygens (including phenoxy) is 2. The highest BCUT2D eigenvalue weighted by atomic mass is 16.6. The summed E-state index contributed by atoms with van der Waals surface area (Å²) in [5.74, 6) is 1.63. The number of carbonyl (C=O) groups excluding carboxylic acids is 2. The van der Waals surface area contributed by atoms with Gasteiger partial charge in [0.15, 0.2) is 0 Å². The van der Waals surface area contributed by atoms with Crippen LogP contribution < -0.4 is 0 Å². The van der Waals surface area contributed by atoms with Crippen molar-refractivity contribution in [2.45, 2.75) is 64.9 Å². The number of carbonyl (C=O) groups is 2. The van der Waals surface area contributed by atoms with Crippen LogP contribution in [0.4, 0.5) is 4.79 Å². The lowest BCUT2D eigenvalue weighted by Gasteiger charge is -2.42. The molecule has 2 bridgehead atoms. The topological polar surface area (TPSA) is 55.8 Å². The summed E-state index contributed by atoms with van der Waals surface area (Å²) in [6.07, 6.45) is 6.95. The Morgan fingerprint density at radius 3 is 2.74 bits per heavy atom. The third-order valence-electron chi connectivity index (χ3n) is 8.53. The number of hydrogen-bond donors (Lipinski definition) is 0. The molecule has 5 nitrogen and oxygen atoms in total. The van der Waals surface area contributed by atoms with Crippen molar-refractivity contribution in [2.75, 3.05) is 19.7 Å². The molecule has 168 valence electrons. The van der Waals surface area contributed by atoms with Crippen LogP contribution in [0.3, 0.4) is 0 Å². The third kappa shape index (κ3) is 3.74.